The monoisotopic (exact) mass is 308 g/mol. The summed E-state index contributed by atoms with van der Waals surface area (Å²) in [5.41, 5.74) is 5.57. The Bertz CT molecular complexity index is 564. The summed E-state index contributed by atoms with van der Waals surface area (Å²) in [5, 5.41) is 0. The number of sulfonamides is 1. The molecule has 0 unspecified atom stereocenters. The molecule has 0 radical (unpaired) electrons. The van der Waals surface area contributed by atoms with Gasteiger partial charge in [-0.1, -0.05) is 6.92 Å². The summed E-state index contributed by atoms with van der Waals surface area (Å²) in [6, 6.07) is 1.95. The van der Waals surface area contributed by atoms with E-state index < -0.39 is 26.6 Å². The molecule has 1 rings (SSSR count). The van der Waals surface area contributed by atoms with Gasteiger partial charge in [0.15, 0.2) is 11.6 Å². The summed E-state index contributed by atoms with van der Waals surface area (Å²) in [7, 11) is -2.70. The van der Waals surface area contributed by atoms with E-state index in [1.807, 2.05) is 0 Å². The Morgan fingerprint density at radius 1 is 1.35 bits per heavy atom. The molecule has 0 aliphatic heterocycles. The lowest BCUT2D eigenvalue weighted by atomic mass is 10.2. The van der Waals surface area contributed by atoms with Gasteiger partial charge in [-0.15, -0.1) is 0 Å². The molecule has 0 bridgehead atoms. The van der Waals surface area contributed by atoms with Crippen LogP contribution in [0.1, 0.15) is 12.5 Å². The van der Waals surface area contributed by atoms with Gasteiger partial charge in [0.25, 0.3) is 0 Å². The lowest BCUT2D eigenvalue weighted by molar-refractivity contribution is 0.180. The topological polar surface area (TPSA) is 72.6 Å². The first-order valence-electron chi connectivity index (χ1n) is 6.05. The molecule has 0 saturated carbocycles. The number of hydrogen-bond acceptors (Lipinski definition) is 4. The predicted molar refractivity (Wildman–Crippen MR) is 70.6 cm³/mol. The maximum Gasteiger partial charge on any atom is 0.246 e. The molecule has 2 N–H and O–H groups in total. The van der Waals surface area contributed by atoms with Crippen molar-refractivity contribution in [2.45, 2.75) is 18.4 Å². The van der Waals surface area contributed by atoms with Crippen LogP contribution in [-0.2, 0) is 21.3 Å². The van der Waals surface area contributed by atoms with Gasteiger partial charge >= 0.3 is 0 Å². The first kappa shape index (κ1) is 17.0. The van der Waals surface area contributed by atoms with E-state index in [0.717, 1.165) is 16.4 Å². The molecule has 1 aromatic rings. The highest BCUT2D eigenvalue weighted by molar-refractivity contribution is 7.89. The Labute approximate surface area is 117 Å². The van der Waals surface area contributed by atoms with Crippen LogP contribution in [0.4, 0.5) is 8.78 Å². The molecule has 0 saturated heterocycles. The Morgan fingerprint density at radius 3 is 2.50 bits per heavy atom. The van der Waals surface area contributed by atoms with E-state index >= 15 is 0 Å². The molecular formula is C12H18F2N2O3S. The SMILES string of the molecule is CCN(CCOC)S(=O)(=O)c1cc(CN)cc(F)c1F. The van der Waals surface area contributed by atoms with Crippen molar-refractivity contribution in [3.63, 3.8) is 0 Å². The zero-order valence-electron chi connectivity index (χ0n) is 11.4. The second kappa shape index (κ2) is 7.07. The van der Waals surface area contributed by atoms with E-state index in [2.05, 4.69) is 0 Å². The van der Waals surface area contributed by atoms with Gasteiger partial charge in [-0.05, 0) is 17.7 Å². The summed E-state index contributed by atoms with van der Waals surface area (Å²) < 4.78 is 57.7. The van der Waals surface area contributed by atoms with Crippen molar-refractivity contribution >= 4 is 10.0 Å². The van der Waals surface area contributed by atoms with Crippen molar-refractivity contribution < 1.29 is 21.9 Å². The van der Waals surface area contributed by atoms with Gasteiger partial charge in [0.2, 0.25) is 10.0 Å². The van der Waals surface area contributed by atoms with Crippen LogP contribution in [0.3, 0.4) is 0 Å². The van der Waals surface area contributed by atoms with Crippen LogP contribution < -0.4 is 5.73 Å². The molecule has 0 heterocycles. The molecule has 0 amide bonds. The van der Waals surface area contributed by atoms with Crippen LogP contribution in [0.5, 0.6) is 0 Å². The minimum Gasteiger partial charge on any atom is -0.383 e. The second-order valence-corrected chi connectivity index (χ2v) is 5.99. The van der Waals surface area contributed by atoms with Crippen LogP contribution in [0, 0.1) is 11.6 Å². The minimum absolute atomic E-state index is 0.0588. The molecular weight excluding hydrogens is 290 g/mol. The van der Waals surface area contributed by atoms with Gasteiger partial charge in [0.1, 0.15) is 4.90 Å². The van der Waals surface area contributed by atoms with Crippen LogP contribution in [0.15, 0.2) is 17.0 Å². The second-order valence-electron chi connectivity index (χ2n) is 4.08. The molecule has 0 atom stereocenters. The summed E-state index contributed by atoms with van der Waals surface area (Å²) in [6.07, 6.45) is 0. The number of halogens is 2. The summed E-state index contributed by atoms with van der Waals surface area (Å²) in [6.45, 7) is 1.87. The van der Waals surface area contributed by atoms with Crippen molar-refractivity contribution in [2.75, 3.05) is 26.8 Å². The number of rotatable bonds is 7. The fraction of sp³-hybridized carbons (Fsp3) is 0.500. The van der Waals surface area contributed by atoms with Gasteiger partial charge in [-0.3, -0.25) is 0 Å². The Hall–Kier alpha value is -1.09. The minimum atomic E-state index is -4.13. The molecule has 5 nitrogen and oxygen atoms in total. The average molecular weight is 308 g/mol. The zero-order chi connectivity index (χ0) is 15.3. The van der Waals surface area contributed by atoms with E-state index in [1.54, 1.807) is 6.92 Å². The Balaban J connectivity index is 3.29. The number of nitrogens with zero attached hydrogens (tertiary/aromatic N) is 1. The van der Waals surface area contributed by atoms with Crippen molar-refractivity contribution in [3.8, 4) is 0 Å². The third kappa shape index (κ3) is 3.51. The lowest BCUT2D eigenvalue weighted by Crippen LogP contribution is -2.34. The molecule has 1 aromatic carbocycles. The highest BCUT2D eigenvalue weighted by atomic mass is 32.2. The summed E-state index contributed by atoms with van der Waals surface area (Å²) in [5.74, 6) is -2.62. The third-order valence-electron chi connectivity index (χ3n) is 2.81. The van der Waals surface area contributed by atoms with Crippen LogP contribution in [0.25, 0.3) is 0 Å². The summed E-state index contributed by atoms with van der Waals surface area (Å²) in [4.78, 5) is -0.698. The van der Waals surface area contributed by atoms with Gasteiger partial charge in [-0.2, -0.15) is 4.31 Å². The molecule has 0 aliphatic carbocycles. The van der Waals surface area contributed by atoms with Crippen LogP contribution in [0.2, 0.25) is 0 Å². The van der Waals surface area contributed by atoms with Gasteiger partial charge in [0.05, 0.1) is 6.61 Å². The fourth-order valence-electron chi connectivity index (χ4n) is 1.70. The molecule has 20 heavy (non-hydrogen) atoms. The predicted octanol–water partition coefficient (Wildman–Crippen LogP) is 1.08. The molecule has 114 valence electrons. The van der Waals surface area contributed by atoms with Crippen LogP contribution >= 0.6 is 0 Å². The van der Waals surface area contributed by atoms with Gasteiger partial charge in [-0.25, -0.2) is 17.2 Å². The van der Waals surface area contributed by atoms with Crippen molar-refractivity contribution in [1.82, 2.24) is 4.31 Å². The highest BCUT2D eigenvalue weighted by Gasteiger charge is 2.28. The van der Waals surface area contributed by atoms with Crippen LogP contribution in [-0.4, -0.2) is 39.5 Å². The normalized spacial score (nSPS) is 12.1. The average Bonchev–Trinajstić information content (AvgIpc) is 2.42. The van der Waals surface area contributed by atoms with Crippen molar-refractivity contribution in [3.05, 3.63) is 29.3 Å². The largest absolute Gasteiger partial charge is 0.383 e. The molecule has 8 heteroatoms. The molecule has 0 spiro atoms. The number of nitrogens with two attached hydrogens (primary N) is 1. The van der Waals surface area contributed by atoms with Gasteiger partial charge in [0, 0.05) is 26.7 Å². The molecule has 0 aromatic heterocycles. The van der Waals surface area contributed by atoms with E-state index in [-0.39, 0.29) is 31.8 Å². The van der Waals surface area contributed by atoms with Crippen molar-refractivity contribution in [1.29, 1.82) is 0 Å². The quantitative estimate of drug-likeness (QED) is 0.818. The third-order valence-corrected chi connectivity index (χ3v) is 4.78. The maximum atomic E-state index is 13.8. The van der Waals surface area contributed by atoms with Crippen molar-refractivity contribution in [2.24, 2.45) is 5.73 Å². The first-order valence-corrected chi connectivity index (χ1v) is 7.49. The number of ether oxygens (including phenoxy) is 1. The Morgan fingerprint density at radius 2 is 2.00 bits per heavy atom. The first-order chi connectivity index (χ1) is 9.38. The highest BCUT2D eigenvalue weighted by Crippen LogP contribution is 2.23. The standard InChI is InChI=1S/C12H18F2N2O3S/c1-3-16(4-5-19-2)20(17,18)11-7-9(8-15)6-10(13)12(11)14/h6-7H,3-5,8,15H2,1-2H3. The maximum absolute atomic E-state index is 13.8. The number of hydrogen-bond donors (Lipinski definition) is 1. The number of benzene rings is 1. The fourth-order valence-corrected chi connectivity index (χ4v) is 3.26. The number of methoxy groups -OCH3 is 1. The zero-order valence-corrected chi connectivity index (χ0v) is 12.2. The van der Waals surface area contributed by atoms with E-state index in [9.17, 15) is 17.2 Å². The van der Waals surface area contributed by atoms with Gasteiger partial charge < -0.3 is 10.5 Å². The van der Waals surface area contributed by atoms with E-state index in [0.29, 0.717) is 0 Å². The number of likely N-dealkylation sites (N-methyl/N-ethyl adjacent to an activating group) is 1. The smallest absolute Gasteiger partial charge is 0.246 e. The molecule has 0 fully saturated rings. The lowest BCUT2D eigenvalue weighted by Gasteiger charge is -2.20. The summed E-state index contributed by atoms with van der Waals surface area (Å²) >= 11 is 0. The van der Waals surface area contributed by atoms with E-state index in [4.69, 9.17) is 10.5 Å². The Kier molecular flexibility index (Phi) is 6.00. The van der Waals surface area contributed by atoms with E-state index in [1.165, 1.54) is 7.11 Å². The molecule has 0 aliphatic rings.